The molecule has 0 unspecified atom stereocenters. The van der Waals surface area contributed by atoms with Crippen molar-refractivity contribution in [1.29, 1.82) is 0 Å². The van der Waals surface area contributed by atoms with E-state index in [2.05, 4.69) is 26.3 Å². The summed E-state index contributed by atoms with van der Waals surface area (Å²) in [6, 6.07) is 24.9. The van der Waals surface area contributed by atoms with E-state index in [0.717, 1.165) is 22.3 Å². The summed E-state index contributed by atoms with van der Waals surface area (Å²) in [5.41, 5.74) is 5.62. The predicted octanol–water partition coefficient (Wildman–Crippen LogP) is 8.61. The third kappa shape index (κ3) is 8.92. The van der Waals surface area contributed by atoms with E-state index in [0.29, 0.717) is 11.1 Å². The normalized spacial score (nSPS) is 10.3. The van der Waals surface area contributed by atoms with Crippen molar-refractivity contribution in [2.24, 2.45) is 0 Å². The average Bonchev–Trinajstić information content (AvgIpc) is 3.04. The van der Waals surface area contributed by atoms with Gasteiger partial charge < -0.3 is 18.9 Å². The number of hydrogen-bond acceptors (Lipinski definition) is 8. The van der Waals surface area contributed by atoms with Crippen LogP contribution in [-0.2, 0) is 19.2 Å². The number of carbonyl (C=O) groups excluding carboxylic acids is 4. The molecule has 0 aliphatic carbocycles. The summed E-state index contributed by atoms with van der Waals surface area (Å²) < 4.78 is 21.7. The highest BCUT2D eigenvalue weighted by Gasteiger charge is 2.15. The van der Waals surface area contributed by atoms with Gasteiger partial charge in [-0.3, -0.25) is 0 Å². The highest BCUT2D eigenvalue weighted by atomic mass is 16.6. The van der Waals surface area contributed by atoms with Crippen LogP contribution in [0.15, 0.2) is 134 Å². The zero-order valence-corrected chi connectivity index (χ0v) is 27.2. The maximum atomic E-state index is 12.2. The van der Waals surface area contributed by atoms with Gasteiger partial charge in [0.15, 0.2) is 0 Å². The molecule has 0 aliphatic heterocycles. The molecule has 4 aromatic carbocycles. The second kappa shape index (κ2) is 14.9. The van der Waals surface area contributed by atoms with Crippen LogP contribution in [0, 0.1) is 0 Å². The topological polar surface area (TPSA) is 105 Å². The van der Waals surface area contributed by atoms with E-state index in [1.54, 1.807) is 24.3 Å². The van der Waals surface area contributed by atoms with E-state index in [1.165, 1.54) is 39.8 Å². The van der Waals surface area contributed by atoms with Gasteiger partial charge in [-0.05, 0) is 85.3 Å². The highest BCUT2D eigenvalue weighted by Crippen LogP contribution is 2.34. The van der Waals surface area contributed by atoms with Gasteiger partial charge in [-0.15, -0.1) is 0 Å². The minimum absolute atomic E-state index is 0.195. The Labute approximate surface area is 279 Å². The van der Waals surface area contributed by atoms with Crippen molar-refractivity contribution < 1.29 is 38.1 Å². The van der Waals surface area contributed by atoms with Gasteiger partial charge in [-0.2, -0.15) is 0 Å². The molecule has 0 saturated carbocycles. The van der Waals surface area contributed by atoms with Gasteiger partial charge in [0.25, 0.3) is 0 Å². The van der Waals surface area contributed by atoms with E-state index in [-0.39, 0.29) is 45.3 Å². The van der Waals surface area contributed by atoms with Gasteiger partial charge in [0, 0.05) is 34.4 Å². The Hall–Kier alpha value is -6.28. The molecule has 0 heterocycles. The summed E-state index contributed by atoms with van der Waals surface area (Å²) in [6.45, 7) is 20.6. The van der Waals surface area contributed by atoms with Crippen molar-refractivity contribution in [3.8, 4) is 56.4 Å². The van der Waals surface area contributed by atoms with Crippen LogP contribution in [0.4, 0.5) is 0 Å². The number of esters is 4. The van der Waals surface area contributed by atoms with Crippen molar-refractivity contribution in [2.45, 2.75) is 27.7 Å². The zero-order chi connectivity index (χ0) is 35.1. The molecule has 0 aliphatic rings. The third-order valence-electron chi connectivity index (χ3n) is 6.77. The Morgan fingerprint density at radius 2 is 0.542 bits per heavy atom. The summed E-state index contributed by atoms with van der Waals surface area (Å²) in [5.74, 6) is -1.64. The molecule has 0 atom stereocenters. The first-order valence-electron chi connectivity index (χ1n) is 14.7. The first kappa shape index (κ1) is 34.6. The predicted molar refractivity (Wildman–Crippen MR) is 185 cm³/mol. The van der Waals surface area contributed by atoms with Crippen LogP contribution in [-0.4, -0.2) is 23.9 Å². The van der Waals surface area contributed by atoms with Crippen molar-refractivity contribution in [3.05, 3.63) is 134 Å². The molecule has 4 rings (SSSR count). The van der Waals surface area contributed by atoms with Crippen molar-refractivity contribution in [2.75, 3.05) is 0 Å². The monoisotopic (exact) mass is 642 g/mol. The molecular weight excluding hydrogens is 608 g/mol. The van der Waals surface area contributed by atoms with Gasteiger partial charge in [-0.25, -0.2) is 19.2 Å². The third-order valence-corrected chi connectivity index (χ3v) is 6.77. The zero-order valence-electron chi connectivity index (χ0n) is 27.2. The number of ether oxygens (including phenoxy) is 4. The molecule has 0 bridgehead atoms. The van der Waals surface area contributed by atoms with Crippen LogP contribution in [0.1, 0.15) is 27.7 Å². The summed E-state index contributed by atoms with van der Waals surface area (Å²) in [6.07, 6.45) is 0. The van der Waals surface area contributed by atoms with Crippen LogP contribution < -0.4 is 18.9 Å². The van der Waals surface area contributed by atoms with Gasteiger partial charge in [-0.1, -0.05) is 74.8 Å². The lowest BCUT2D eigenvalue weighted by Gasteiger charge is -2.12. The first-order chi connectivity index (χ1) is 22.7. The van der Waals surface area contributed by atoms with Gasteiger partial charge in [0.05, 0.1) is 0 Å². The number of benzene rings is 4. The standard InChI is InChI=1S/C40H34O8/c1-23(2)37(41)45-33-17-31(18-34(21-33)46-38(42)24(3)4)29-13-9-27(10-14-29)28-11-15-30(16-12-28)32-19-35(47-39(43)25(5)6)22-36(20-32)48-40(44)26(7)8/h9-22H,1,3,5,7H2,2,4,6,8H3. The molecule has 4 aromatic rings. The van der Waals surface area contributed by atoms with E-state index in [1.807, 2.05) is 48.5 Å². The largest absolute Gasteiger partial charge is 0.423 e. The van der Waals surface area contributed by atoms with Gasteiger partial charge >= 0.3 is 23.9 Å². The number of carbonyl (C=O) groups is 4. The minimum atomic E-state index is -0.605. The molecule has 48 heavy (non-hydrogen) atoms. The van der Waals surface area contributed by atoms with Crippen molar-refractivity contribution in [3.63, 3.8) is 0 Å². The molecule has 0 saturated heterocycles. The fourth-order valence-corrected chi connectivity index (χ4v) is 4.20. The Morgan fingerprint density at radius 3 is 0.729 bits per heavy atom. The summed E-state index contributed by atoms with van der Waals surface area (Å²) >= 11 is 0. The fraction of sp³-hybridized carbons (Fsp3) is 0.100. The van der Waals surface area contributed by atoms with Crippen LogP contribution in [0.3, 0.4) is 0 Å². The SMILES string of the molecule is C=C(C)C(=O)Oc1cc(OC(=O)C(=C)C)cc(-c2ccc(-c3ccc(-c4cc(OC(=O)C(=C)C)cc(OC(=O)C(=C)C)c4)cc3)cc2)c1. The van der Waals surface area contributed by atoms with Gasteiger partial charge in [0.1, 0.15) is 23.0 Å². The summed E-state index contributed by atoms with van der Waals surface area (Å²) in [5, 5.41) is 0. The molecule has 242 valence electrons. The maximum Gasteiger partial charge on any atom is 0.338 e. The maximum absolute atomic E-state index is 12.2. The Morgan fingerprint density at radius 1 is 0.354 bits per heavy atom. The van der Waals surface area contributed by atoms with Crippen LogP contribution in [0.25, 0.3) is 33.4 Å². The lowest BCUT2D eigenvalue weighted by atomic mass is 9.97. The molecule has 8 heteroatoms. The summed E-state index contributed by atoms with van der Waals surface area (Å²) in [4.78, 5) is 48.8. The molecule has 0 aromatic heterocycles. The van der Waals surface area contributed by atoms with Crippen LogP contribution in [0.5, 0.6) is 23.0 Å². The Kier molecular flexibility index (Phi) is 10.7. The lowest BCUT2D eigenvalue weighted by Crippen LogP contribution is -2.10. The molecule has 0 fully saturated rings. The van der Waals surface area contributed by atoms with Gasteiger partial charge in [0.2, 0.25) is 0 Å². The minimum Gasteiger partial charge on any atom is -0.423 e. The van der Waals surface area contributed by atoms with E-state index >= 15 is 0 Å². The van der Waals surface area contributed by atoms with E-state index in [9.17, 15) is 19.2 Å². The number of rotatable bonds is 11. The molecule has 0 radical (unpaired) electrons. The van der Waals surface area contributed by atoms with Crippen molar-refractivity contribution in [1.82, 2.24) is 0 Å². The van der Waals surface area contributed by atoms with Crippen LogP contribution in [0.2, 0.25) is 0 Å². The molecule has 0 amide bonds. The molecule has 0 N–H and O–H groups in total. The van der Waals surface area contributed by atoms with E-state index < -0.39 is 23.9 Å². The lowest BCUT2D eigenvalue weighted by molar-refractivity contribution is -0.131. The fourth-order valence-electron chi connectivity index (χ4n) is 4.20. The first-order valence-corrected chi connectivity index (χ1v) is 14.7. The molecular formula is C40H34O8. The highest BCUT2D eigenvalue weighted by molar-refractivity contribution is 5.91. The smallest absolute Gasteiger partial charge is 0.338 e. The quantitative estimate of drug-likeness (QED) is 0.0910. The Bertz CT molecular complexity index is 1740. The average molecular weight is 643 g/mol. The summed E-state index contributed by atoms with van der Waals surface area (Å²) in [7, 11) is 0. The molecule has 8 nitrogen and oxygen atoms in total. The number of hydrogen-bond donors (Lipinski definition) is 0. The second-order valence-electron chi connectivity index (χ2n) is 11.2. The van der Waals surface area contributed by atoms with Crippen molar-refractivity contribution >= 4 is 23.9 Å². The second-order valence-corrected chi connectivity index (χ2v) is 11.2. The molecule has 0 spiro atoms. The van der Waals surface area contributed by atoms with E-state index in [4.69, 9.17) is 18.9 Å². The Balaban J connectivity index is 1.62. The van der Waals surface area contributed by atoms with Crippen LogP contribution >= 0.6 is 0 Å².